The van der Waals surface area contributed by atoms with E-state index in [1.165, 1.54) is 11.1 Å². The molecule has 1 atom stereocenters. The number of hydrogen-bond donors (Lipinski definition) is 1. The molecule has 20 heavy (non-hydrogen) atoms. The third kappa shape index (κ3) is 6.06. The molecule has 1 aromatic carbocycles. The van der Waals surface area contributed by atoms with Crippen molar-refractivity contribution in [1.29, 1.82) is 0 Å². The third-order valence-electron chi connectivity index (χ3n) is 3.85. The third-order valence-corrected chi connectivity index (χ3v) is 3.85. The molecule has 1 aromatic rings. The maximum atomic E-state index is 3.54. The van der Waals surface area contributed by atoms with Gasteiger partial charge in [-0.05, 0) is 42.6 Å². The summed E-state index contributed by atoms with van der Waals surface area (Å²) in [5.74, 6) is 1.30. The highest BCUT2D eigenvalue weighted by atomic mass is 15.1. The molecule has 114 valence electrons. The fourth-order valence-corrected chi connectivity index (χ4v) is 2.36. The minimum atomic E-state index is 0.580. The SMILES string of the molecule is CCN(CC)Cc1ccc(C(C)CNCC(C)C)cc1. The van der Waals surface area contributed by atoms with Crippen LogP contribution in [0.25, 0.3) is 0 Å². The Morgan fingerprint density at radius 1 is 0.950 bits per heavy atom. The summed E-state index contributed by atoms with van der Waals surface area (Å²) in [7, 11) is 0. The van der Waals surface area contributed by atoms with Crippen LogP contribution in [0.4, 0.5) is 0 Å². The molecule has 0 bridgehead atoms. The van der Waals surface area contributed by atoms with Gasteiger partial charge in [0, 0.05) is 13.1 Å². The molecule has 0 heterocycles. The van der Waals surface area contributed by atoms with Crippen LogP contribution < -0.4 is 5.32 Å². The van der Waals surface area contributed by atoms with E-state index in [1.807, 2.05) is 0 Å². The van der Waals surface area contributed by atoms with Gasteiger partial charge in [0.25, 0.3) is 0 Å². The van der Waals surface area contributed by atoms with E-state index in [0.29, 0.717) is 5.92 Å². The van der Waals surface area contributed by atoms with E-state index in [9.17, 15) is 0 Å². The summed E-state index contributed by atoms with van der Waals surface area (Å²) in [5, 5.41) is 3.54. The van der Waals surface area contributed by atoms with Gasteiger partial charge in [-0.2, -0.15) is 0 Å². The van der Waals surface area contributed by atoms with Crippen molar-refractivity contribution in [1.82, 2.24) is 10.2 Å². The van der Waals surface area contributed by atoms with E-state index in [-0.39, 0.29) is 0 Å². The number of nitrogens with one attached hydrogen (secondary N) is 1. The Morgan fingerprint density at radius 2 is 1.55 bits per heavy atom. The topological polar surface area (TPSA) is 15.3 Å². The molecular weight excluding hydrogens is 244 g/mol. The second-order valence-corrected chi connectivity index (χ2v) is 6.16. The second-order valence-electron chi connectivity index (χ2n) is 6.16. The predicted molar refractivity (Wildman–Crippen MR) is 89.2 cm³/mol. The van der Waals surface area contributed by atoms with Crippen molar-refractivity contribution in [2.24, 2.45) is 5.92 Å². The van der Waals surface area contributed by atoms with Crippen molar-refractivity contribution in [3.8, 4) is 0 Å². The number of nitrogens with zero attached hydrogens (tertiary/aromatic N) is 1. The molecule has 0 aliphatic rings. The van der Waals surface area contributed by atoms with E-state index in [2.05, 4.69) is 69.1 Å². The quantitative estimate of drug-likeness (QED) is 0.736. The standard InChI is InChI=1S/C18H32N2/c1-6-20(7-2)14-17-8-10-18(11-9-17)16(5)13-19-12-15(3)4/h8-11,15-16,19H,6-7,12-14H2,1-5H3. The van der Waals surface area contributed by atoms with Gasteiger partial charge in [0.1, 0.15) is 0 Å². The Labute approximate surface area is 125 Å². The van der Waals surface area contributed by atoms with Crippen LogP contribution in [0.1, 0.15) is 51.7 Å². The maximum absolute atomic E-state index is 3.54. The number of hydrogen-bond acceptors (Lipinski definition) is 2. The van der Waals surface area contributed by atoms with Gasteiger partial charge in [0.05, 0.1) is 0 Å². The van der Waals surface area contributed by atoms with Crippen molar-refractivity contribution in [2.45, 2.75) is 47.1 Å². The molecule has 0 radical (unpaired) electrons. The Kier molecular flexibility index (Phi) is 7.86. The smallest absolute Gasteiger partial charge is 0.0233 e. The highest BCUT2D eigenvalue weighted by molar-refractivity contribution is 5.25. The van der Waals surface area contributed by atoms with E-state index in [1.54, 1.807) is 0 Å². The van der Waals surface area contributed by atoms with E-state index >= 15 is 0 Å². The molecule has 1 N–H and O–H groups in total. The fourth-order valence-electron chi connectivity index (χ4n) is 2.36. The van der Waals surface area contributed by atoms with Crippen molar-refractivity contribution in [3.63, 3.8) is 0 Å². The molecule has 1 rings (SSSR count). The lowest BCUT2D eigenvalue weighted by Gasteiger charge is -2.19. The van der Waals surface area contributed by atoms with Gasteiger partial charge in [-0.3, -0.25) is 4.90 Å². The molecule has 0 saturated carbocycles. The first kappa shape index (κ1) is 17.2. The van der Waals surface area contributed by atoms with Gasteiger partial charge in [0.2, 0.25) is 0 Å². The highest BCUT2D eigenvalue weighted by Gasteiger charge is 2.06. The van der Waals surface area contributed by atoms with Gasteiger partial charge in [-0.1, -0.05) is 58.9 Å². The molecule has 1 unspecified atom stereocenters. The van der Waals surface area contributed by atoms with Crippen LogP contribution in [0.2, 0.25) is 0 Å². The summed E-state index contributed by atoms with van der Waals surface area (Å²) in [4.78, 5) is 2.45. The van der Waals surface area contributed by atoms with Gasteiger partial charge in [-0.25, -0.2) is 0 Å². The molecular formula is C18H32N2. The monoisotopic (exact) mass is 276 g/mol. The minimum Gasteiger partial charge on any atom is -0.316 e. The van der Waals surface area contributed by atoms with E-state index in [4.69, 9.17) is 0 Å². The molecule has 0 aromatic heterocycles. The van der Waals surface area contributed by atoms with Gasteiger partial charge in [-0.15, -0.1) is 0 Å². The highest BCUT2D eigenvalue weighted by Crippen LogP contribution is 2.16. The molecule has 2 nitrogen and oxygen atoms in total. The lowest BCUT2D eigenvalue weighted by Crippen LogP contribution is -2.24. The van der Waals surface area contributed by atoms with Crippen LogP contribution in [0.5, 0.6) is 0 Å². The zero-order valence-corrected chi connectivity index (χ0v) is 13.9. The summed E-state index contributed by atoms with van der Waals surface area (Å²) < 4.78 is 0. The Morgan fingerprint density at radius 3 is 2.05 bits per heavy atom. The maximum Gasteiger partial charge on any atom is 0.0233 e. The predicted octanol–water partition coefficient (Wildman–Crippen LogP) is 3.88. The molecule has 2 heteroatoms. The van der Waals surface area contributed by atoms with Crippen LogP contribution in [0.15, 0.2) is 24.3 Å². The van der Waals surface area contributed by atoms with Crippen molar-refractivity contribution < 1.29 is 0 Å². The minimum absolute atomic E-state index is 0.580. The first-order chi connectivity index (χ1) is 9.56. The Balaban J connectivity index is 2.48. The van der Waals surface area contributed by atoms with Crippen molar-refractivity contribution in [2.75, 3.05) is 26.2 Å². The molecule has 0 aliphatic carbocycles. The van der Waals surface area contributed by atoms with Gasteiger partial charge >= 0.3 is 0 Å². The molecule has 0 fully saturated rings. The van der Waals surface area contributed by atoms with Crippen LogP contribution in [0, 0.1) is 5.92 Å². The summed E-state index contributed by atoms with van der Waals surface area (Å²) in [5.41, 5.74) is 2.85. The van der Waals surface area contributed by atoms with Crippen molar-refractivity contribution in [3.05, 3.63) is 35.4 Å². The van der Waals surface area contributed by atoms with Crippen LogP contribution in [-0.2, 0) is 6.54 Å². The summed E-state index contributed by atoms with van der Waals surface area (Å²) in [6.07, 6.45) is 0. The first-order valence-corrected chi connectivity index (χ1v) is 8.08. The normalized spacial score (nSPS) is 13.2. The number of rotatable bonds is 9. The van der Waals surface area contributed by atoms with E-state index in [0.717, 1.165) is 38.6 Å². The molecule has 0 aliphatic heterocycles. The Bertz CT molecular complexity index is 352. The largest absolute Gasteiger partial charge is 0.316 e. The van der Waals surface area contributed by atoms with Crippen LogP contribution in [-0.4, -0.2) is 31.1 Å². The average molecular weight is 276 g/mol. The molecule has 0 spiro atoms. The second kappa shape index (κ2) is 9.15. The zero-order chi connectivity index (χ0) is 15.0. The van der Waals surface area contributed by atoms with E-state index < -0.39 is 0 Å². The zero-order valence-electron chi connectivity index (χ0n) is 13.9. The lowest BCUT2D eigenvalue weighted by molar-refractivity contribution is 0.296. The Hall–Kier alpha value is -0.860. The van der Waals surface area contributed by atoms with Gasteiger partial charge < -0.3 is 5.32 Å². The van der Waals surface area contributed by atoms with Crippen LogP contribution >= 0.6 is 0 Å². The summed E-state index contributed by atoms with van der Waals surface area (Å²) in [6, 6.07) is 9.15. The molecule has 0 amide bonds. The van der Waals surface area contributed by atoms with Crippen LogP contribution in [0.3, 0.4) is 0 Å². The average Bonchev–Trinajstić information content (AvgIpc) is 2.44. The summed E-state index contributed by atoms with van der Waals surface area (Å²) in [6.45, 7) is 16.7. The first-order valence-electron chi connectivity index (χ1n) is 8.08. The molecule has 0 saturated heterocycles. The lowest BCUT2D eigenvalue weighted by atomic mass is 9.99. The van der Waals surface area contributed by atoms with Crippen molar-refractivity contribution >= 4 is 0 Å². The number of benzene rings is 1. The summed E-state index contributed by atoms with van der Waals surface area (Å²) >= 11 is 0. The van der Waals surface area contributed by atoms with Gasteiger partial charge in [0.15, 0.2) is 0 Å². The fraction of sp³-hybridized carbons (Fsp3) is 0.667.